The molecule has 1 heterocycles. The van der Waals surface area contributed by atoms with E-state index in [4.69, 9.17) is 4.74 Å². The van der Waals surface area contributed by atoms with Gasteiger partial charge in [0.2, 0.25) is 0 Å². The fourth-order valence-corrected chi connectivity index (χ4v) is 2.55. The van der Waals surface area contributed by atoms with Crippen LogP contribution in [0, 0.1) is 6.92 Å². The maximum absolute atomic E-state index is 11.9. The number of rotatable bonds is 5. The van der Waals surface area contributed by atoms with Gasteiger partial charge in [0.1, 0.15) is 0 Å². The van der Waals surface area contributed by atoms with Crippen molar-refractivity contribution < 1.29 is 14.3 Å². The van der Waals surface area contributed by atoms with Gasteiger partial charge in [-0.05, 0) is 31.5 Å². The summed E-state index contributed by atoms with van der Waals surface area (Å²) in [6, 6.07) is 7.20. The molecule has 1 aromatic heterocycles. The minimum atomic E-state index is -0.709. The summed E-state index contributed by atoms with van der Waals surface area (Å²) in [6.07, 6.45) is -0.0893. The van der Waals surface area contributed by atoms with Gasteiger partial charge in [0, 0.05) is 18.2 Å². The summed E-state index contributed by atoms with van der Waals surface area (Å²) in [4.78, 5) is 28.0. The van der Waals surface area contributed by atoms with Crippen LogP contribution in [0.15, 0.2) is 29.6 Å². The Kier molecular flexibility index (Phi) is 5.84. The molecule has 1 atom stereocenters. The number of carbonyl (C=O) groups excluding carboxylic acids is 2. The number of thiazole rings is 1. The normalized spacial score (nSPS) is 11.8. The van der Waals surface area contributed by atoms with Crippen LogP contribution in [0.5, 0.6) is 0 Å². The Morgan fingerprint density at radius 3 is 2.78 bits per heavy atom. The van der Waals surface area contributed by atoms with Gasteiger partial charge in [0.15, 0.2) is 0 Å². The number of nitrogens with one attached hydrogen (secondary N) is 2. The highest BCUT2D eigenvalue weighted by Crippen LogP contribution is 2.19. The second-order valence-electron chi connectivity index (χ2n) is 5.00. The van der Waals surface area contributed by atoms with Crippen molar-refractivity contribution in [3.8, 4) is 0 Å². The smallest absolute Gasteiger partial charge is 0.313 e. The highest BCUT2D eigenvalue weighted by molar-refractivity contribution is 7.09. The summed E-state index contributed by atoms with van der Waals surface area (Å²) < 4.78 is 5.24. The largest absolute Gasteiger partial charge is 0.377 e. The molecule has 0 radical (unpaired) electrons. The number of nitrogens with zero attached hydrogens (tertiary/aromatic N) is 1. The predicted molar refractivity (Wildman–Crippen MR) is 89.2 cm³/mol. The molecule has 122 valence electrons. The number of methoxy groups -OCH3 is 1. The molecule has 6 nitrogen and oxygen atoms in total. The summed E-state index contributed by atoms with van der Waals surface area (Å²) in [7, 11) is 1.61. The zero-order valence-electron chi connectivity index (χ0n) is 13.3. The molecule has 0 spiro atoms. The second kappa shape index (κ2) is 7.85. The first-order valence-corrected chi connectivity index (χ1v) is 8.00. The van der Waals surface area contributed by atoms with Crippen LogP contribution >= 0.6 is 11.3 Å². The van der Waals surface area contributed by atoms with Gasteiger partial charge in [0.25, 0.3) is 0 Å². The highest BCUT2D eigenvalue weighted by atomic mass is 32.1. The molecule has 0 aliphatic rings. The topological polar surface area (TPSA) is 80.3 Å². The number of aryl methyl sites for hydroxylation is 1. The number of carbonyl (C=O) groups is 2. The SMILES string of the molecule is COC(C)c1cccc(NC(=O)C(=O)NCc2csc(C)n2)c1. The van der Waals surface area contributed by atoms with Crippen LogP contribution in [0.4, 0.5) is 5.69 Å². The van der Waals surface area contributed by atoms with E-state index in [0.29, 0.717) is 5.69 Å². The minimum absolute atomic E-state index is 0.0893. The Bertz CT molecular complexity index is 699. The van der Waals surface area contributed by atoms with Gasteiger partial charge in [-0.15, -0.1) is 11.3 Å². The molecule has 0 aliphatic carbocycles. The van der Waals surface area contributed by atoms with E-state index in [-0.39, 0.29) is 12.6 Å². The van der Waals surface area contributed by atoms with Crippen molar-refractivity contribution in [2.75, 3.05) is 12.4 Å². The molecule has 0 fully saturated rings. The maximum Gasteiger partial charge on any atom is 0.313 e. The van der Waals surface area contributed by atoms with Crippen LogP contribution in [0.3, 0.4) is 0 Å². The van der Waals surface area contributed by atoms with E-state index in [1.165, 1.54) is 11.3 Å². The molecule has 0 saturated heterocycles. The number of anilines is 1. The third-order valence-corrected chi connectivity index (χ3v) is 4.09. The van der Waals surface area contributed by atoms with Crippen molar-refractivity contribution in [2.45, 2.75) is 26.5 Å². The van der Waals surface area contributed by atoms with Gasteiger partial charge in [-0.25, -0.2) is 4.98 Å². The van der Waals surface area contributed by atoms with Gasteiger partial charge >= 0.3 is 11.8 Å². The van der Waals surface area contributed by atoms with E-state index < -0.39 is 11.8 Å². The number of hydrogen-bond acceptors (Lipinski definition) is 5. The summed E-state index contributed by atoms with van der Waals surface area (Å²) in [5.74, 6) is -1.40. The van der Waals surface area contributed by atoms with E-state index in [0.717, 1.165) is 16.3 Å². The molecule has 0 aliphatic heterocycles. The number of hydrogen-bond donors (Lipinski definition) is 2. The van der Waals surface area contributed by atoms with Crippen molar-refractivity contribution in [1.82, 2.24) is 10.3 Å². The monoisotopic (exact) mass is 333 g/mol. The molecule has 23 heavy (non-hydrogen) atoms. The van der Waals surface area contributed by atoms with Gasteiger partial charge < -0.3 is 15.4 Å². The summed E-state index contributed by atoms with van der Waals surface area (Å²) >= 11 is 1.50. The molecule has 2 N–H and O–H groups in total. The van der Waals surface area contributed by atoms with Crippen LogP contribution in [0.2, 0.25) is 0 Å². The van der Waals surface area contributed by atoms with Gasteiger partial charge in [-0.3, -0.25) is 9.59 Å². The predicted octanol–water partition coefficient (Wildman–Crippen LogP) is 2.41. The summed E-state index contributed by atoms with van der Waals surface area (Å²) in [6.45, 7) is 4.03. The molecule has 2 amide bonds. The fraction of sp³-hybridized carbons (Fsp3) is 0.312. The summed E-state index contributed by atoms with van der Waals surface area (Å²) in [5, 5.41) is 7.90. The second-order valence-corrected chi connectivity index (χ2v) is 6.06. The zero-order valence-corrected chi connectivity index (χ0v) is 14.1. The number of ether oxygens (including phenoxy) is 1. The first-order chi connectivity index (χ1) is 11.0. The molecule has 0 saturated carbocycles. The first-order valence-electron chi connectivity index (χ1n) is 7.12. The van der Waals surface area contributed by atoms with Crippen LogP contribution in [-0.4, -0.2) is 23.9 Å². The molecule has 0 bridgehead atoms. The van der Waals surface area contributed by atoms with Crippen LogP contribution < -0.4 is 10.6 Å². The number of benzene rings is 1. The fourth-order valence-electron chi connectivity index (χ4n) is 1.93. The van der Waals surface area contributed by atoms with E-state index in [2.05, 4.69) is 15.6 Å². The third-order valence-electron chi connectivity index (χ3n) is 3.27. The van der Waals surface area contributed by atoms with Crippen molar-refractivity contribution in [3.05, 3.63) is 45.9 Å². The molecular formula is C16H19N3O3S. The molecule has 1 aromatic carbocycles. The van der Waals surface area contributed by atoms with Crippen LogP contribution in [0.25, 0.3) is 0 Å². The standard InChI is InChI=1S/C16H19N3O3S/c1-10(22-3)12-5-4-6-13(7-12)19-16(21)15(20)17-8-14-9-23-11(2)18-14/h4-7,9-10H,8H2,1-3H3,(H,17,20)(H,19,21). The minimum Gasteiger partial charge on any atom is -0.377 e. The lowest BCUT2D eigenvalue weighted by molar-refractivity contribution is -0.136. The number of amides is 2. The van der Waals surface area contributed by atoms with Crippen molar-refractivity contribution in [1.29, 1.82) is 0 Å². The average molecular weight is 333 g/mol. The van der Waals surface area contributed by atoms with Gasteiger partial charge in [-0.1, -0.05) is 12.1 Å². The Labute approximate surface area is 138 Å². The Hall–Kier alpha value is -2.25. The van der Waals surface area contributed by atoms with E-state index in [1.54, 1.807) is 25.3 Å². The van der Waals surface area contributed by atoms with Gasteiger partial charge in [0.05, 0.1) is 23.4 Å². The Morgan fingerprint density at radius 1 is 1.35 bits per heavy atom. The third kappa shape index (κ3) is 4.87. The van der Waals surface area contributed by atoms with E-state index in [1.807, 2.05) is 25.3 Å². The van der Waals surface area contributed by atoms with Crippen LogP contribution in [-0.2, 0) is 20.9 Å². The lowest BCUT2D eigenvalue weighted by Crippen LogP contribution is -2.35. The van der Waals surface area contributed by atoms with E-state index in [9.17, 15) is 9.59 Å². The Morgan fingerprint density at radius 2 is 2.13 bits per heavy atom. The summed E-state index contributed by atoms with van der Waals surface area (Å²) in [5.41, 5.74) is 2.21. The maximum atomic E-state index is 11.9. The number of aromatic nitrogens is 1. The Balaban J connectivity index is 1.91. The molecule has 2 aromatic rings. The van der Waals surface area contributed by atoms with Crippen molar-refractivity contribution in [2.24, 2.45) is 0 Å². The average Bonchev–Trinajstić information content (AvgIpc) is 2.97. The van der Waals surface area contributed by atoms with Crippen molar-refractivity contribution >= 4 is 28.8 Å². The van der Waals surface area contributed by atoms with E-state index >= 15 is 0 Å². The quantitative estimate of drug-likeness (QED) is 0.824. The van der Waals surface area contributed by atoms with Crippen LogP contribution in [0.1, 0.15) is 29.3 Å². The lowest BCUT2D eigenvalue weighted by Gasteiger charge is -2.12. The zero-order chi connectivity index (χ0) is 16.8. The molecule has 1 unspecified atom stereocenters. The first kappa shape index (κ1) is 17.1. The highest BCUT2D eigenvalue weighted by Gasteiger charge is 2.14. The lowest BCUT2D eigenvalue weighted by atomic mass is 10.1. The molecule has 7 heteroatoms. The van der Waals surface area contributed by atoms with Crippen molar-refractivity contribution in [3.63, 3.8) is 0 Å². The van der Waals surface area contributed by atoms with Gasteiger partial charge in [-0.2, -0.15) is 0 Å². The molecular weight excluding hydrogens is 314 g/mol. The molecule has 2 rings (SSSR count).